The molecule has 0 aliphatic rings. The topological polar surface area (TPSA) is 29.9 Å². The van der Waals surface area contributed by atoms with E-state index in [-0.39, 0.29) is 0 Å². The Morgan fingerprint density at radius 2 is 2.05 bits per heavy atom. The van der Waals surface area contributed by atoms with E-state index >= 15 is 0 Å². The molecule has 0 radical (unpaired) electrons. The summed E-state index contributed by atoms with van der Waals surface area (Å²) < 4.78 is 3.35. The van der Waals surface area contributed by atoms with E-state index in [0.29, 0.717) is 6.04 Å². The molecule has 1 N–H and O–H groups in total. The molecule has 1 aromatic carbocycles. The van der Waals surface area contributed by atoms with Crippen LogP contribution in [-0.4, -0.2) is 15.6 Å². The number of nitrogens with one attached hydrogen (secondary N) is 1. The van der Waals surface area contributed by atoms with Crippen molar-refractivity contribution in [2.45, 2.75) is 45.8 Å². The number of aromatic nitrogens is 2. The van der Waals surface area contributed by atoms with Gasteiger partial charge in [0.25, 0.3) is 0 Å². The Kier molecular flexibility index (Phi) is 5.80. The molecule has 20 heavy (non-hydrogen) atoms. The summed E-state index contributed by atoms with van der Waals surface area (Å²) in [4.78, 5) is 4.23. The van der Waals surface area contributed by atoms with Gasteiger partial charge >= 0.3 is 0 Å². The van der Waals surface area contributed by atoms with Gasteiger partial charge in [0, 0.05) is 29.8 Å². The molecule has 0 spiro atoms. The monoisotopic (exact) mass is 335 g/mol. The van der Waals surface area contributed by atoms with Crippen LogP contribution in [0.15, 0.2) is 41.3 Å². The molecule has 4 heteroatoms. The fourth-order valence-corrected chi connectivity index (χ4v) is 2.53. The lowest BCUT2D eigenvalue weighted by Gasteiger charge is -2.15. The van der Waals surface area contributed by atoms with Gasteiger partial charge < -0.3 is 9.88 Å². The lowest BCUT2D eigenvalue weighted by Crippen LogP contribution is -2.28. The highest BCUT2D eigenvalue weighted by atomic mass is 79.9. The summed E-state index contributed by atoms with van der Waals surface area (Å²) in [5.41, 5.74) is 2.62. The van der Waals surface area contributed by atoms with Crippen molar-refractivity contribution in [2.24, 2.45) is 0 Å². The Hall–Kier alpha value is -1.13. The molecule has 1 atom stereocenters. The van der Waals surface area contributed by atoms with Crippen molar-refractivity contribution in [3.63, 3.8) is 0 Å². The lowest BCUT2D eigenvalue weighted by molar-refractivity contribution is 0.521. The zero-order valence-electron chi connectivity index (χ0n) is 12.1. The summed E-state index contributed by atoms with van der Waals surface area (Å²) in [6, 6.07) is 8.98. The van der Waals surface area contributed by atoms with Crippen molar-refractivity contribution < 1.29 is 0 Å². The Morgan fingerprint density at radius 3 is 2.75 bits per heavy atom. The van der Waals surface area contributed by atoms with Crippen molar-refractivity contribution in [1.82, 2.24) is 14.9 Å². The van der Waals surface area contributed by atoms with Crippen LogP contribution < -0.4 is 5.32 Å². The van der Waals surface area contributed by atoms with E-state index in [9.17, 15) is 0 Å². The summed E-state index contributed by atoms with van der Waals surface area (Å²) in [5.74, 6) is 0. The highest BCUT2D eigenvalue weighted by Crippen LogP contribution is 2.12. The average Bonchev–Trinajstić information content (AvgIpc) is 2.87. The second kappa shape index (κ2) is 7.60. The maximum Gasteiger partial charge on any atom is 0.0948 e. The number of nitrogens with zero attached hydrogens (tertiary/aromatic N) is 2. The second-order valence-corrected chi connectivity index (χ2v) is 6.11. The molecular weight excluding hydrogens is 314 g/mol. The van der Waals surface area contributed by atoms with E-state index in [1.54, 1.807) is 0 Å². The number of imidazole rings is 1. The summed E-state index contributed by atoms with van der Waals surface area (Å²) in [5, 5.41) is 3.57. The molecule has 1 heterocycles. The fraction of sp³-hybridized carbons (Fsp3) is 0.438. The molecule has 0 aliphatic carbocycles. The van der Waals surface area contributed by atoms with E-state index < -0.39 is 0 Å². The quantitative estimate of drug-likeness (QED) is 0.834. The molecule has 2 aromatic rings. The molecule has 0 amide bonds. The number of benzene rings is 1. The predicted molar refractivity (Wildman–Crippen MR) is 86.7 cm³/mol. The highest BCUT2D eigenvalue weighted by Gasteiger charge is 2.06. The average molecular weight is 336 g/mol. The van der Waals surface area contributed by atoms with E-state index in [1.165, 1.54) is 11.3 Å². The molecule has 0 bridgehead atoms. The smallest absolute Gasteiger partial charge is 0.0948 e. The number of rotatable bonds is 7. The molecule has 0 saturated heterocycles. The van der Waals surface area contributed by atoms with Crippen LogP contribution >= 0.6 is 15.9 Å². The van der Waals surface area contributed by atoms with Gasteiger partial charge in [0.1, 0.15) is 0 Å². The van der Waals surface area contributed by atoms with E-state index in [0.717, 1.165) is 30.4 Å². The first kappa shape index (κ1) is 15.3. The normalized spacial score (nSPS) is 12.6. The van der Waals surface area contributed by atoms with Gasteiger partial charge in [-0.2, -0.15) is 0 Å². The van der Waals surface area contributed by atoms with E-state index in [2.05, 4.69) is 68.9 Å². The van der Waals surface area contributed by atoms with Crippen molar-refractivity contribution >= 4 is 15.9 Å². The third kappa shape index (κ3) is 4.46. The molecular formula is C16H22BrN3. The molecule has 0 saturated carbocycles. The first-order valence-electron chi connectivity index (χ1n) is 7.16. The van der Waals surface area contributed by atoms with Crippen LogP contribution in [-0.2, 0) is 19.5 Å². The number of halogens is 1. The van der Waals surface area contributed by atoms with Gasteiger partial charge in [0.2, 0.25) is 0 Å². The first-order valence-corrected chi connectivity index (χ1v) is 7.95. The summed E-state index contributed by atoms with van der Waals surface area (Å²) in [6.45, 7) is 6.33. The molecule has 2 rings (SSSR count). The summed E-state index contributed by atoms with van der Waals surface area (Å²) in [6.07, 6.45) is 6.04. The van der Waals surface area contributed by atoms with Gasteiger partial charge in [-0.05, 0) is 37.5 Å². The number of hydrogen-bond donors (Lipinski definition) is 1. The van der Waals surface area contributed by atoms with Gasteiger partial charge in [-0.25, -0.2) is 4.98 Å². The SMILES string of the molecule is CCCn1cncc1CNC(C)Cc1ccc(Br)cc1. The van der Waals surface area contributed by atoms with Crippen LogP contribution in [0.4, 0.5) is 0 Å². The Balaban J connectivity index is 1.84. The first-order chi connectivity index (χ1) is 9.69. The second-order valence-electron chi connectivity index (χ2n) is 5.19. The van der Waals surface area contributed by atoms with Gasteiger partial charge in [-0.1, -0.05) is 35.0 Å². The third-order valence-electron chi connectivity index (χ3n) is 3.35. The van der Waals surface area contributed by atoms with Crippen LogP contribution in [0.3, 0.4) is 0 Å². The van der Waals surface area contributed by atoms with Gasteiger partial charge in [-0.15, -0.1) is 0 Å². The summed E-state index contributed by atoms with van der Waals surface area (Å²) >= 11 is 3.47. The van der Waals surface area contributed by atoms with Crippen LogP contribution in [0.25, 0.3) is 0 Å². The molecule has 1 aromatic heterocycles. The fourth-order valence-electron chi connectivity index (χ4n) is 2.26. The predicted octanol–water partition coefficient (Wildman–Crippen LogP) is 3.78. The van der Waals surface area contributed by atoms with Gasteiger partial charge in [-0.3, -0.25) is 0 Å². The van der Waals surface area contributed by atoms with Crippen molar-refractivity contribution in [1.29, 1.82) is 0 Å². The Morgan fingerprint density at radius 1 is 1.30 bits per heavy atom. The largest absolute Gasteiger partial charge is 0.333 e. The molecule has 3 nitrogen and oxygen atoms in total. The van der Waals surface area contributed by atoms with Crippen molar-refractivity contribution in [2.75, 3.05) is 0 Å². The Bertz CT molecular complexity index is 519. The highest BCUT2D eigenvalue weighted by molar-refractivity contribution is 9.10. The zero-order valence-corrected chi connectivity index (χ0v) is 13.7. The van der Waals surface area contributed by atoms with Crippen LogP contribution in [0, 0.1) is 0 Å². The Labute approximate surface area is 129 Å². The molecule has 0 aliphatic heterocycles. The zero-order chi connectivity index (χ0) is 14.4. The van der Waals surface area contributed by atoms with Crippen LogP contribution in [0.5, 0.6) is 0 Å². The third-order valence-corrected chi connectivity index (χ3v) is 3.88. The van der Waals surface area contributed by atoms with Crippen LogP contribution in [0.2, 0.25) is 0 Å². The van der Waals surface area contributed by atoms with Crippen LogP contribution in [0.1, 0.15) is 31.5 Å². The lowest BCUT2D eigenvalue weighted by atomic mass is 10.1. The van der Waals surface area contributed by atoms with Crippen molar-refractivity contribution in [3.05, 3.63) is 52.5 Å². The number of hydrogen-bond acceptors (Lipinski definition) is 2. The van der Waals surface area contributed by atoms with Crippen molar-refractivity contribution in [3.8, 4) is 0 Å². The minimum Gasteiger partial charge on any atom is -0.333 e. The van der Waals surface area contributed by atoms with E-state index in [1.807, 2.05) is 12.5 Å². The summed E-state index contributed by atoms with van der Waals surface area (Å²) in [7, 11) is 0. The maximum absolute atomic E-state index is 4.23. The minimum atomic E-state index is 0.446. The number of aryl methyl sites for hydroxylation is 1. The standard InChI is InChI=1S/C16H22BrN3/c1-3-8-20-12-18-10-16(20)11-19-13(2)9-14-4-6-15(17)7-5-14/h4-7,10,12-13,19H,3,8-9,11H2,1-2H3. The van der Waals surface area contributed by atoms with E-state index in [4.69, 9.17) is 0 Å². The molecule has 108 valence electrons. The van der Waals surface area contributed by atoms with Gasteiger partial charge in [0.05, 0.1) is 12.0 Å². The molecule has 1 unspecified atom stereocenters. The minimum absolute atomic E-state index is 0.446. The van der Waals surface area contributed by atoms with Gasteiger partial charge in [0.15, 0.2) is 0 Å². The molecule has 0 fully saturated rings. The maximum atomic E-state index is 4.23.